The molecule has 0 radical (unpaired) electrons. The monoisotopic (exact) mass is 362 g/mol. The molecule has 0 aliphatic heterocycles. The summed E-state index contributed by atoms with van der Waals surface area (Å²) in [5.74, 6) is 0.212. The second-order valence-electron chi connectivity index (χ2n) is 5.48. The number of nitrogens with one attached hydrogen (secondary N) is 2. The van der Waals surface area contributed by atoms with Crippen LogP contribution in [0, 0.1) is 5.92 Å². The van der Waals surface area contributed by atoms with Crippen LogP contribution in [0.5, 0.6) is 5.75 Å². The lowest BCUT2D eigenvalue weighted by Crippen LogP contribution is -2.29. The van der Waals surface area contributed by atoms with Gasteiger partial charge in [-0.2, -0.15) is 0 Å². The van der Waals surface area contributed by atoms with Gasteiger partial charge in [0, 0.05) is 13.1 Å². The first-order valence-electron chi connectivity index (χ1n) is 7.45. The van der Waals surface area contributed by atoms with Gasteiger partial charge in [-0.1, -0.05) is 32.4 Å². The summed E-state index contributed by atoms with van der Waals surface area (Å²) in [7, 11) is -3.61. The summed E-state index contributed by atoms with van der Waals surface area (Å²) in [5.41, 5.74) is 0. The van der Waals surface area contributed by atoms with Gasteiger partial charge in [0.25, 0.3) is 5.91 Å². The van der Waals surface area contributed by atoms with Crippen molar-refractivity contribution in [2.45, 2.75) is 32.1 Å². The van der Waals surface area contributed by atoms with E-state index in [1.54, 1.807) is 0 Å². The van der Waals surface area contributed by atoms with Crippen LogP contribution in [0.1, 0.15) is 27.2 Å². The van der Waals surface area contributed by atoms with Gasteiger partial charge in [-0.05, 0) is 30.5 Å². The molecule has 130 valence electrons. The van der Waals surface area contributed by atoms with Crippen LogP contribution < -0.4 is 14.8 Å². The van der Waals surface area contributed by atoms with Crippen molar-refractivity contribution in [2.24, 2.45) is 5.92 Å². The SMILES string of the molecule is CCCNC(=O)COc1ccc(S(=O)(=O)NCC(C)C)cc1Cl. The van der Waals surface area contributed by atoms with Crippen molar-refractivity contribution in [1.82, 2.24) is 10.0 Å². The van der Waals surface area contributed by atoms with Crippen LogP contribution >= 0.6 is 11.6 Å². The summed E-state index contributed by atoms with van der Waals surface area (Å²) in [5, 5.41) is 2.81. The van der Waals surface area contributed by atoms with Gasteiger partial charge in [-0.3, -0.25) is 4.79 Å². The number of sulfonamides is 1. The Hall–Kier alpha value is -1.31. The molecule has 0 aliphatic carbocycles. The summed E-state index contributed by atoms with van der Waals surface area (Å²) in [6.07, 6.45) is 0.836. The highest BCUT2D eigenvalue weighted by atomic mass is 35.5. The quantitative estimate of drug-likeness (QED) is 0.705. The van der Waals surface area contributed by atoms with Crippen molar-refractivity contribution in [3.63, 3.8) is 0 Å². The van der Waals surface area contributed by atoms with Crippen LogP contribution in [0.2, 0.25) is 5.02 Å². The molecule has 0 unspecified atom stereocenters. The highest BCUT2D eigenvalue weighted by Crippen LogP contribution is 2.27. The van der Waals surface area contributed by atoms with Gasteiger partial charge in [0.1, 0.15) is 5.75 Å². The molecule has 23 heavy (non-hydrogen) atoms. The number of ether oxygens (including phenoxy) is 1. The van der Waals surface area contributed by atoms with E-state index in [0.717, 1.165) is 6.42 Å². The molecule has 0 aromatic heterocycles. The minimum atomic E-state index is -3.61. The standard InChI is InChI=1S/C15H23ClN2O4S/c1-4-7-17-15(19)10-22-14-6-5-12(8-13(14)16)23(20,21)18-9-11(2)3/h5-6,8,11,18H,4,7,9-10H2,1-3H3,(H,17,19). The molecule has 1 amide bonds. The van der Waals surface area contributed by atoms with Crippen LogP contribution in [0.25, 0.3) is 0 Å². The van der Waals surface area contributed by atoms with Crippen LogP contribution in [0.4, 0.5) is 0 Å². The van der Waals surface area contributed by atoms with Crippen molar-refractivity contribution in [3.05, 3.63) is 23.2 Å². The van der Waals surface area contributed by atoms with E-state index in [2.05, 4.69) is 10.0 Å². The van der Waals surface area contributed by atoms with Crippen LogP contribution in [-0.4, -0.2) is 34.0 Å². The largest absolute Gasteiger partial charge is 0.482 e. The Morgan fingerprint density at radius 1 is 1.35 bits per heavy atom. The zero-order valence-electron chi connectivity index (χ0n) is 13.6. The third kappa shape index (κ3) is 6.76. The highest BCUT2D eigenvalue weighted by molar-refractivity contribution is 7.89. The first kappa shape index (κ1) is 19.7. The predicted molar refractivity (Wildman–Crippen MR) is 90.3 cm³/mol. The molecule has 6 nitrogen and oxygen atoms in total. The van der Waals surface area contributed by atoms with Crippen molar-refractivity contribution < 1.29 is 17.9 Å². The summed E-state index contributed by atoms with van der Waals surface area (Å²) in [6.45, 7) is 6.53. The molecule has 0 atom stereocenters. The minimum Gasteiger partial charge on any atom is -0.482 e. The average molecular weight is 363 g/mol. The Bertz CT molecular complexity index is 632. The minimum absolute atomic E-state index is 0.0611. The Balaban J connectivity index is 2.72. The van der Waals surface area contributed by atoms with E-state index in [9.17, 15) is 13.2 Å². The Morgan fingerprint density at radius 2 is 2.04 bits per heavy atom. The van der Waals surface area contributed by atoms with Crippen molar-refractivity contribution in [3.8, 4) is 5.75 Å². The van der Waals surface area contributed by atoms with Crippen molar-refractivity contribution in [1.29, 1.82) is 0 Å². The van der Waals surface area contributed by atoms with Crippen LogP contribution in [0.15, 0.2) is 23.1 Å². The fraction of sp³-hybridized carbons (Fsp3) is 0.533. The molecule has 1 aromatic rings. The number of halogens is 1. The summed E-state index contributed by atoms with van der Waals surface area (Å²) < 4.78 is 32.0. The van der Waals surface area contributed by atoms with E-state index in [0.29, 0.717) is 13.1 Å². The van der Waals surface area contributed by atoms with E-state index < -0.39 is 10.0 Å². The zero-order chi connectivity index (χ0) is 17.5. The Kier molecular flexibility index (Phi) is 7.81. The van der Waals surface area contributed by atoms with E-state index in [1.807, 2.05) is 20.8 Å². The van der Waals surface area contributed by atoms with Gasteiger partial charge in [0.2, 0.25) is 10.0 Å². The second-order valence-corrected chi connectivity index (χ2v) is 7.65. The normalized spacial score (nSPS) is 11.5. The lowest BCUT2D eigenvalue weighted by atomic mass is 10.2. The summed E-state index contributed by atoms with van der Waals surface area (Å²) >= 11 is 6.04. The lowest BCUT2D eigenvalue weighted by molar-refractivity contribution is -0.123. The summed E-state index contributed by atoms with van der Waals surface area (Å²) in [6, 6.07) is 4.15. The molecule has 0 fully saturated rings. The molecule has 0 aliphatic rings. The molecule has 1 rings (SSSR count). The number of rotatable bonds is 9. The van der Waals surface area contributed by atoms with Crippen LogP contribution in [0.3, 0.4) is 0 Å². The summed E-state index contributed by atoms with van der Waals surface area (Å²) in [4.78, 5) is 11.5. The first-order chi connectivity index (χ1) is 10.8. The lowest BCUT2D eigenvalue weighted by Gasteiger charge is -2.11. The molecular formula is C15H23ClN2O4S. The smallest absolute Gasteiger partial charge is 0.257 e. The van der Waals surface area contributed by atoms with Crippen molar-refractivity contribution >= 4 is 27.5 Å². The molecular weight excluding hydrogens is 340 g/mol. The molecule has 0 heterocycles. The van der Waals surface area contributed by atoms with Gasteiger partial charge in [0.05, 0.1) is 9.92 Å². The fourth-order valence-corrected chi connectivity index (χ4v) is 3.12. The molecule has 8 heteroatoms. The van der Waals surface area contributed by atoms with Crippen LogP contribution in [-0.2, 0) is 14.8 Å². The molecule has 0 saturated carbocycles. The Labute approximate surface area is 142 Å². The fourth-order valence-electron chi connectivity index (χ4n) is 1.58. The topological polar surface area (TPSA) is 84.5 Å². The maximum absolute atomic E-state index is 12.1. The predicted octanol–water partition coefficient (Wildman–Crippen LogP) is 2.18. The van der Waals surface area contributed by atoms with Gasteiger partial charge in [-0.25, -0.2) is 13.1 Å². The van der Waals surface area contributed by atoms with Gasteiger partial charge in [-0.15, -0.1) is 0 Å². The van der Waals surface area contributed by atoms with Crippen molar-refractivity contribution in [2.75, 3.05) is 19.7 Å². The molecule has 1 aromatic carbocycles. The highest BCUT2D eigenvalue weighted by Gasteiger charge is 2.16. The van der Waals surface area contributed by atoms with E-state index >= 15 is 0 Å². The first-order valence-corrected chi connectivity index (χ1v) is 9.31. The molecule has 0 saturated heterocycles. The third-order valence-electron chi connectivity index (χ3n) is 2.83. The van der Waals surface area contributed by atoms with E-state index in [4.69, 9.17) is 16.3 Å². The zero-order valence-corrected chi connectivity index (χ0v) is 15.1. The van der Waals surface area contributed by atoms with Gasteiger partial charge in [0.15, 0.2) is 6.61 Å². The third-order valence-corrected chi connectivity index (χ3v) is 4.54. The number of hydrogen-bond acceptors (Lipinski definition) is 4. The number of carbonyl (C=O) groups excluding carboxylic acids is 1. The number of amides is 1. The van der Waals surface area contributed by atoms with E-state index in [-0.39, 0.29) is 34.1 Å². The molecule has 0 bridgehead atoms. The number of hydrogen-bond donors (Lipinski definition) is 2. The van der Waals surface area contributed by atoms with E-state index in [1.165, 1.54) is 18.2 Å². The second kappa shape index (κ2) is 9.10. The number of benzene rings is 1. The maximum atomic E-state index is 12.1. The van der Waals surface area contributed by atoms with Gasteiger partial charge < -0.3 is 10.1 Å². The molecule has 2 N–H and O–H groups in total. The number of carbonyl (C=O) groups is 1. The molecule has 0 spiro atoms. The van der Waals surface area contributed by atoms with Gasteiger partial charge >= 0.3 is 0 Å². The maximum Gasteiger partial charge on any atom is 0.257 e. The average Bonchev–Trinajstić information content (AvgIpc) is 2.49. The Morgan fingerprint density at radius 3 is 2.61 bits per heavy atom.